The Bertz CT molecular complexity index is 940. The number of fused-ring (bicyclic) bond motifs is 1. The van der Waals surface area contributed by atoms with Crippen molar-refractivity contribution < 1.29 is 14.3 Å². The number of amides is 2. The number of carbonyl (C=O) groups is 2. The number of ether oxygens (including phenoxy) is 1. The molecule has 0 saturated heterocycles. The van der Waals surface area contributed by atoms with Crippen molar-refractivity contribution >= 4 is 11.8 Å². The molecule has 5 heteroatoms. The largest absolute Gasteiger partial charge is 0.491 e. The molecule has 0 aliphatic carbocycles. The Morgan fingerprint density at radius 2 is 1.76 bits per heavy atom. The van der Waals surface area contributed by atoms with Crippen molar-refractivity contribution in [1.82, 2.24) is 9.80 Å². The summed E-state index contributed by atoms with van der Waals surface area (Å²) in [6, 6.07) is 15.2. The Kier molecular flexibility index (Phi) is 8.93. The second-order valence-corrected chi connectivity index (χ2v) is 9.60. The van der Waals surface area contributed by atoms with Crippen LogP contribution in [0.2, 0.25) is 0 Å². The topological polar surface area (TPSA) is 49.9 Å². The van der Waals surface area contributed by atoms with Gasteiger partial charge in [-0.25, -0.2) is 0 Å². The number of hydrogen-bond donors (Lipinski definition) is 0. The van der Waals surface area contributed by atoms with Gasteiger partial charge in [-0.05, 0) is 56.4 Å². The van der Waals surface area contributed by atoms with Gasteiger partial charge in [0.25, 0.3) is 11.8 Å². The lowest BCUT2D eigenvalue weighted by atomic mass is 10.0. The molecule has 0 bridgehead atoms. The van der Waals surface area contributed by atoms with Gasteiger partial charge >= 0.3 is 0 Å². The smallest absolute Gasteiger partial charge is 0.257 e. The van der Waals surface area contributed by atoms with E-state index in [9.17, 15) is 9.59 Å². The molecule has 1 aliphatic rings. The van der Waals surface area contributed by atoms with E-state index in [-0.39, 0.29) is 17.9 Å². The predicted molar refractivity (Wildman–Crippen MR) is 133 cm³/mol. The van der Waals surface area contributed by atoms with Crippen molar-refractivity contribution in [1.29, 1.82) is 0 Å². The van der Waals surface area contributed by atoms with E-state index in [1.165, 1.54) is 0 Å². The summed E-state index contributed by atoms with van der Waals surface area (Å²) in [5.74, 6) is 1.04. The molecule has 0 unspecified atom stereocenters. The van der Waals surface area contributed by atoms with E-state index >= 15 is 0 Å². The number of carbonyl (C=O) groups excluding carboxylic acids is 2. The quantitative estimate of drug-likeness (QED) is 0.614. The van der Waals surface area contributed by atoms with Crippen molar-refractivity contribution in [2.45, 2.75) is 58.9 Å². The second kappa shape index (κ2) is 11.9. The number of benzene rings is 2. The van der Waals surface area contributed by atoms with Gasteiger partial charge in [-0.3, -0.25) is 9.59 Å². The van der Waals surface area contributed by atoms with E-state index in [2.05, 4.69) is 13.8 Å². The number of para-hydroxylation sites is 1. The highest BCUT2D eigenvalue weighted by atomic mass is 16.5. The van der Waals surface area contributed by atoms with Crippen LogP contribution in [0.25, 0.3) is 0 Å². The van der Waals surface area contributed by atoms with Gasteiger partial charge in [-0.1, -0.05) is 56.5 Å². The molecule has 2 aromatic carbocycles. The molecule has 0 fully saturated rings. The van der Waals surface area contributed by atoms with Crippen LogP contribution in [0.4, 0.5) is 0 Å². The van der Waals surface area contributed by atoms with E-state index in [1.807, 2.05) is 67.4 Å². The molecule has 0 aromatic heterocycles. The van der Waals surface area contributed by atoms with Gasteiger partial charge in [-0.15, -0.1) is 0 Å². The highest BCUT2D eigenvalue weighted by molar-refractivity contribution is 5.97. The zero-order chi connectivity index (χ0) is 23.8. The standard InChI is InChI=1S/C28H38N2O3/c1-21(2)18-24-20-33-26-15-8-7-14-25(26)28(32)29(4)16-9-5-6-10-17-30(24)27(31)23-13-11-12-22(3)19-23/h7-8,11-15,19,21,24H,5-6,9-10,16-18,20H2,1-4H3/t24-/m0/s1. The first-order valence-corrected chi connectivity index (χ1v) is 12.2. The molecule has 5 nitrogen and oxygen atoms in total. The summed E-state index contributed by atoms with van der Waals surface area (Å²) >= 11 is 0. The lowest BCUT2D eigenvalue weighted by Crippen LogP contribution is -2.45. The van der Waals surface area contributed by atoms with Crippen LogP contribution in [0, 0.1) is 12.8 Å². The second-order valence-electron chi connectivity index (χ2n) is 9.60. The van der Waals surface area contributed by atoms with Crippen LogP contribution in [0.15, 0.2) is 48.5 Å². The summed E-state index contributed by atoms with van der Waals surface area (Å²) in [7, 11) is 1.86. The van der Waals surface area contributed by atoms with Crippen molar-refractivity contribution in [2.24, 2.45) is 5.92 Å². The fourth-order valence-corrected chi connectivity index (χ4v) is 4.47. The van der Waals surface area contributed by atoms with Gasteiger partial charge in [-0.2, -0.15) is 0 Å². The van der Waals surface area contributed by atoms with Crippen molar-refractivity contribution in [3.8, 4) is 5.75 Å². The summed E-state index contributed by atoms with van der Waals surface area (Å²) in [5.41, 5.74) is 2.38. The minimum Gasteiger partial charge on any atom is -0.491 e. The lowest BCUT2D eigenvalue weighted by Gasteiger charge is -2.34. The first-order chi connectivity index (χ1) is 15.9. The highest BCUT2D eigenvalue weighted by Crippen LogP contribution is 2.24. The predicted octanol–water partition coefficient (Wildman–Crippen LogP) is 5.58. The van der Waals surface area contributed by atoms with Gasteiger partial charge in [0.15, 0.2) is 0 Å². The van der Waals surface area contributed by atoms with Crippen molar-refractivity contribution in [3.63, 3.8) is 0 Å². The highest BCUT2D eigenvalue weighted by Gasteiger charge is 2.27. The maximum atomic E-state index is 13.6. The Morgan fingerprint density at radius 1 is 1.03 bits per heavy atom. The monoisotopic (exact) mass is 450 g/mol. The first-order valence-electron chi connectivity index (χ1n) is 12.2. The third-order valence-electron chi connectivity index (χ3n) is 6.25. The Hall–Kier alpha value is -2.82. The fraction of sp³-hybridized carbons (Fsp3) is 0.500. The lowest BCUT2D eigenvalue weighted by molar-refractivity contribution is 0.0567. The van der Waals surface area contributed by atoms with E-state index in [0.29, 0.717) is 30.4 Å². The number of hydrogen-bond acceptors (Lipinski definition) is 3. The molecular formula is C28H38N2O3. The Balaban J connectivity index is 1.93. The van der Waals surface area contributed by atoms with Crippen molar-refractivity contribution in [3.05, 3.63) is 65.2 Å². The van der Waals surface area contributed by atoms with E-state index in [4.69, 9.17) is 4.74 Å². The first kappa shape index (κ1) is 24.8. The molecule has 1 heterocycles. The van der Waals surface area contributed by atoms with Crippen LogP contribution < -0.4 is 4.74 Å². The van der Waals surface area contributed by atoms with Gasteiger partial charge in [0.2, 0.25) is 0 Å². The van der Waals surface area contributed by atoms with Gasteiger partial charge in [0.1, 0.15) is 12.4 Å². The van der Waals surface area contributed by atoms with Crippen LogP contribution in [-0.4, -0.2) is 54.4 Å². The van der Waals surface area contributed by atoms with Crippen LogP contribution in [0.5, 0.6) is 5.75 Å². The average molecular weight is 451 g/mol. The summed E-state index contributed by atoms with van der Waals surface area (Å²) in [6.07, 6.45) is 4.81. The van der Waals surface area contributed by atoms with Crippen LogP contribution in [0.1, 0.15) is 72.2 Å². The van der Waals surface area contributed by atoms with Gasteiger partial charge in [0, 0.05) is 25.7 Å². The van der Waals surface area contributed by atoms with Crippen LogP contribution >= 0.6 is 0 Å². The Labute approximate surface area is 198 Å². The van der Waals surface area contributed by atoms with Gasteiger partial charge < -0.3 is 14.5 Å². The molecule has 3 rings (SSSR count). The third-order valence-corrected chi connectivity index (χ3v) is 6.25. The normalized spacial score (nSPS) is 18.5. The molecule has 1 atom stereocenters. The average Bonchev–Trinajstić information content (AvgIpc) is 2.80. The molecule has 0 saturated carbocycles. The molecular weight excluding hydrogens is 412 g/mol. The molecule has 33 heavy (non-hydrogen) atoms. The number of rotatable bonds is 3. The minimum atomic E-state index is -0.0677. The zero-order valence-corrected chi connectivity index (χ0v) is 20.5. The van der Waals surface area contributed by atoms with Gasteiger partial charge in [0.05, 0.1) is 11.6 Å². The summed E-state index contributed by atoms with van der Waals surface area (Å²) in [4.78, 5) is 30.5. The number of aryl methyl sites for hydroxylation is 1. The van der Waals surface area contributed by atoms with E-state index in [1.54, 1.807) is 4.90 Å². The molecule has 0 spiro atoms. The summed E-state index contributed by atoms with van der Waals surface area (Å²) in [5, 5.41) is 0. The zero-order valence-electron chi connectivity index (χ0n) is 20.5. The van der Waals surface area contributed by atoms with E-state index < -0.39 is 0 Å². The maximum Gasteiger partial charge on any atom is 0.257 e. The SMILES string of the molecule is Cc1cccc(C(=O)N2CCCCCCN(C)C(=O)c3ccccc3OC[C@@H]2CC(C)C)c1. The maximum absolute atomic E-state index is 13.6. The Morgan fingerprint density at radius 3 is 2.48 bits per heavy atom. The van der Waals surface area contributed by atoms with Crippen LogP contribution in [-0.2, 0) is 0 Å². The minimum absolute atomic E-state index is 0.0178. The molecule has 0 radical (unpaired) electrons. The third kappa shape index (κ3) is 6.83. The molecule has 1 aliphatic heterocycles. The molecule has 2 aromatic rings. The van der Waals surface area contributed by atoms with Crippen molar-refractivity contribution in [2.75, 3.05) is 26.7 Å². The molecule has 0 N–H and O–H groups in total. The molecule has 178 valence electrons. The fourth-order valence-electron chi connectivity index (χ4n) is 4.47. The summed E-state index contributed by atoms with van der Waals surface area (Å²) < 4.78 is 6.26. The summed E-state index contributed by atoms with van der Waals surface area (Å²) in [6.45, 7) is 8.15. The molecule has 2 amide bonds. The number of nitrogens with zero attached hydrogens (tertiary/aromatic N) is 2. The van der Waals surface area contributed by atoms with Crippen LogP contribution in [0.3, 0.4) is 0 Å². The van der Waals surface area contributed by atoms with E-state index in [0.717, 1.165) is 49.8 Å².